The second-order valence-corrected chi connectivity index (χ2v) is 12.5. The summed E-state index contributed by atoms with van der Waals surface area (Å²) in [5.41, 5.74) is -13.2. The smallest absolute Gasteiger partial charge is 0.387 e. The number of halogens is 20. The maximum atomic E-state index is 15.4. The van der Waals surface area contributed by atoms with Crippen LogP contribution in [0.1, 0.15) is 5.56 Å². The van der Waals surface area contributed by atoms with Crippen molar-refractivity contribution < 1.29 is 107 Å². The number of carbonyl (C=O) groups is 1. The molecule has 1 N–H and O–H groups in total. The van der Waals surface area contributed by atoms with E-state index in [1.807, 2.05) is 34.9 Å². The van der Waals surface area contributed by atoms with E-state index in [1.165, 1.54) is 6.20 Å². The average molecular weight is 924 g/mol. The standard InChI is InChI=1S/C24BF20.C13H12N2O3/c26-5-1(6(27)14(35)21(42)13(5)34)25(2-7(28)15(36)22(43)16(37)8(2)29,3-9(30)17(38)23(44)18(39)10(3)31)4-11(32)19(40)24(45)20(41)12(4)33;16-13(17)10-18-12-8-14-6-7-15(12)9-11-4-2-1-3-5-11/h;1-8H,9-10H2/q-1;/p+1. The molecule has 0 atom stereocenters. The summed E-state index contributed by atoms with van der Waals surface area (Å²) >= 11 is 0. The molecule has 0 aliphatic rings. The van der Waals surface area contributed by atoms with Crippen molar-refractivity contribution in [3.63, 3.8) is 0 Å². The highest BCUT2D eigenvalue weighted by Crippen LogP contribution is 2.30. The van der Waals surface area contributed by atoms with E-state index in [1.54, 1.807) is 12.4 Å². The van der Waals surface area contributed by atoms with Crippen LogP contribution in [-0.2, 0) is 11.3 Å². The first-order valence-corrected chi connectivity index (χ1v) is 16.4. The lowest BCUT2D eigenvalue weighted by molar-refractivity contribution is -0.693. The van der Waals surface area contributed by atoms with Crippen LogP contribution in [0.3, 0.4) is 0 Å². The molecular formula is C37H13BF20N2O3. The van der Waals surface area contributed by atoms with Gasteiger partial charge in [-0.1, -0.05) is 30.3 Å². The summed E-state index contributed by atoms with van der Waals surface area (Å²) in [7, 11) is 0. The summed E-state index contributed by atoms with van der Waals surface area (Å²) in [5.74, 6) is -72.0. The largest absolute Gasteiger partial charge is 0.479 e. The number of aliphatic carboxylic acids is 1. The molecule has 0 unspecified atom stereocenters. The lowest BCUT2D eigenvalue weighted by Crippen LogP contribution is -2.81. The molecule has 0 saturated carbocycles. The van der Waals surface area contributed by atoms with Crippen molar-refractivity contribution in [1.29, 1.82) is 0 Å². The molecule has 0 aliphatic carbocycles. The molecule has 0 saturated heterocycles. The predicted octanol–water partition coefficient (Wildman–Crippen LogP) is 6.73. The zero-order valence-corrected chi connectivity index (χ0v) is 29.8. The van der Waals surface area contributed by atoms with E-state index >= 15 is 35.1 Å². The fourth-order valence-corrected chi connectivity index (χ4v) is 6.41. The number of hydrogen-bond donors (Lipinski definition) is 1. The highest BCUT2D eigenvalue weighted by molar-refractivity contribution is 7.20. The minimum Gasteiger partial charge on any atom is -0.479 e. The van der Waals surface area contributed by atoms with E-state index in [0.717, 1.165) is 5.56 Å². The SMILES string of the molecule is Fc1c(F)c(F)c([B-](c2c(F)c(F)c(F)c(F)c2F)(c2c(F)c(F)c(F)c(F)c2F)c2c(F)c(F)c(F)c(F)c2F)c(F)c1F.O=C(O)COc1cncc[n+]1Cc1ccccc1. The van der Waals surface area contributed by atoms with Gasteiger partial charge in [0.2, 0.25) is 0 Å². The molecule has 0 fully saturated rings. The number of nitrogens with zero attached hydrogens (tertiary/aromatic N) is 2. The fourth-order valence-electron chi connectivity index (χ4n) is 6.41. The molecule has 1 heterocycles. The third kappa shape index (κ3) is 7.81. The highest BCUT2D eigenvalue weighted by Gasteiger charge is 2.52. The molecule has 0 spiro atoms. The van der Waals surface area contributed by atoms with E-state index in [2.05, 4.69) is 4.98 Å². The lowest BCUT2D eigenvalue weighted by Gasteiger charge is -2.44. The monoisotopic (exact) mass is 924 g/mol. The van der Waals surface area contributed by atoms with Crippen LogP contribution in [0.2, 0.25) is 0 Å². The van der Waals surface area contributed by atoms with Gasteiger partial charge >= 0.3 is 11.8 Å². The summed E-state index contributed by atoms with van der Waals surface area (Å²) in [6.07, 6.45) is -2.32. The van der Waals surface area contributed by atoms with E-state index in [0.29, 0.717) is 12.4 Å². The lowest BCUT2D eigenvalue weighted by atomic mass is 9.12. The zero-order valence-electron chi connectivity index (χ0n) is 29.8. The molecule has 5 aromatic carbocycles. The van der Waals surface area contributed by atoms with Crippen LogP contribution in [0.15, 0.2) is 48.9 Å². The van der Waals surface area contributed by atoms with E-state index in [9.17, 15) is 57.5 Å². The molecule has 5 nitrogen and oxygen atoms in total. The van der Waals surface area contributed by atoms with Crippen molar-refractivity contribution in [2.45, 2.75) is 6.54 Å². The van der Waals surface area contributed by atoms with Crippen LogP contribution >= 0.6 is 0 Å². The second-order valence-electron chi connectivity index (χ2n) is 12.5. The van der Waals surface area contributed by atoms with Gasteiger partial charge in [-0.05, 0) is 0 Å². The fraction of sp³-hybridized carbons (Fsp3) is 0.0541. The molecule has 6 aromatic rings. The first-order chi connectivity index (χ1) is 29.5. The average Bonchev–Trinajstić information content (AvgIpc) is 3.26. The van der Waals surface area contributed by atoms with Crippen molar-refractivity contribution in [3.8, 4) is 5.88 Å². The number of benzene rings is 5. The number of hydrogen-bond acceptors (Lipinski definition) is 3. The Bertz CT molecular complexity index is 2430. The van der Waals surface area contributed by atoms with Crippen molar-refractivity contribution in [3.05, 3.63) is 171 Å². The van der Waals surface area contributed by atoms with Gasteiger partial charge in [0, 0.05) is 5.56 Å². The molecule has 63 heavy (non-hydrogen) atoms. The van der Waals surface area contributed by atoms with Crippen LogP contribution in [-0.4, -0.2) is 28.8 Å². The summed E-state index contributed by atoms with van der Waals surface area (Å²) in [6, 6.07) is 9.84. The maximum absolute atomic E-state index is 15.4. The first-order valence-electron chi connectivity index (χ1n) is 16.4. The van der Waals surface area contributed by atoms with Gasteiger partial charge in [0.15, 0.2) is 89.2 Å². The van der Waals surface area contributed by atoms with Gasteiger partial charge in [-0.2, -0.15) is 4.57 Å². The minimum atomic E-state index is -7.22. The number of carboxylic acids is 1. The summed E-state index contributed by atoms with van der Waals surface area (Å²) < 4.78 is 301. The molecule has 0 bridgehead atoms. The van der Waals surface area contributed by atoms with Crippen LogP contribution < -0.4 is 31.2 Å². The Morgan fingerprint density at radius 1 is 0.476 bits per heavy atom. The van der Waals surface area contributed by atoms with Gasteiger partial charge in [-0.25, -0.2) is 97.6 Å². The summed E-state index contributed by atoms with van der Waals surface area (Å²) in [6.45, 7) is 0.235. The van der Waals surface area contributed by atoms with E-state index < -0.39 is 150 Å². The molecule has 6 rings (SSSR count). The Balaban J connectivity index is 0.000000345. The molecule has 0 amide bonds. The Labute approximate surface area is 336 Å². The Kier molecular flexibility index (Phi) is 13.4. The molecule has 0 radical (unpaired) electrons. The topological polar surface area (TPSA) is 63.3 Å². The molecular weight excluding hydrogens is 911 g/mol. The Morgan fingerprint density at radius 3 is 1.05 bits per heavy atom. The second kappa shape index (κ2) is 17.8. The van der Waals surface area contributed by atoms with E-state index in [-0.39, 0.29) is 6.61 Å². The van der Waals surface area contributed by atoms with Gasteiger partial charge in [-0.15, -0.1) is 21.9 Å². The Hall–Kier alpha value is -6.89. The van der Waals surface area contributed by atoms with Gasteiger partial charge in [-0.3, -0.25) is 0 Å². The number of carboxylic acid groups (broad SMARTS) is 1. The van der Waals surface area contributed by atoms with Crippen LogP contribution in [0.4, 0.5) is 87.8 Å². The zero-order chi connectivity index (χ0) is 47.2. The molecule has 26 heteroatoms. The van der Waals surface area contributed by atoms with Crippen LogP contribution in [0.5, 0.6) is 5.88 Å². The predicted molar refractivity (Wildman–Crippen MR) is 172 cm³/mol. The molecule has 1 aromatic heterocycles. The van der Waals surface area contributed by atoms with Crippen molar-refractivity contribution in [2.24, 2.45) is 0 Å². The molecule has 0 aliphatic heterocycles. The third-order valence-electron chi connectivity index (χ3n) is 9.05. The quantitative estimate of drug-likeness (QED) is 0.0576. The van der Waals surface area contributed by atoms with Crippen molar-refractivity contribution >= 4 is 34.0 Å². The van der Waals surface area contributed by atoms with Crippen LogP contribution in [0, 0.1) is 116 Å². The normalized spacial score (nSPS) is 11.4. The molecule has 332 valence electrons. The van der Waals surface area contributed by atoms with Gasteiger partial charge < -0.3 is 9.84 Å². The first kappa shape index (κ1) is 47.2. The highest BCUT2D eigenvalue weighted by atomic mass is 19.2. The number of aromatic nitrogens is 2. The van der Waals surface area contributed by atoms with Gasteiger partial charge in [0.05, 0.1) is 6.20 Å². The van der Waals surface area contributed by atoms with Gasteiger partial charge in [0.25, 0.3) is 0 Å². The van der Waals surface area contributed by atoms with Gasteiger partial charge in [0.1, 0.15) is 58.9 Å². The number of rotatable bonds is 9. The Morgan fingerprint density at radius 2 is 0.762 bits per heavy atom. The van der Waals surface area contributed by atoms with Crippen LogP contribution in [0.25, 0.3) is 0 Å². The van der Waals surface area contributed by atoms with E-state index in [4.69, 9.17) is 9.84 Å². The number of ether oxygens (including phenoxy) is 1. The third-order valence-corrected chi connectivity index (χ3v) is 9.05. The maximum Gasteiger partial charge on any atom is 0.387 e. The van der Waals surface area contributed by atoms with Crippen molar-refractivity contribution in [1.82, 2.24) is 4.98 Å². The minimum absolute atomic E-state index is 0.375. The summed E-state index contributed by atoms with van der Waals surface area (Å²) in [4.78, 5) is 14.4. The van der Waals surface area contributed by atoms with Crippen molar-refractivity contribution in [2.75, 3.05) is 6.61 Å². The summed E-state index contributed by atoms with van der Waals surface area (Å²) in [5, 5.41) is 8.60.